The van der Waals surface area contributed by atoms with E-state index >= 15 is 0 Å². The van der Waals surface area contributed by atoms with Crippen molar-refractivity contribution >= 4 is 11.8 Å². The van der Waals surface area contributed by atoms with E-state index in [1.807, 2.05) is 52.0 Å². The molecule has 2 aromatic carbocycles. The fraction of sp³-hybridized carbons (Fsp3) is 0.350. The van der Waals surface area contributed by atoms with E-state index in [1.54, 1.807) is 11.9 Å². The molecule has 0 fully saturated rings. The molecule has 0 saturated carbocycles. The van der Waals surface area contributed by atoms with Gasteiger partial charge in [-0.05, 0) is 69.0 Å². The second-order valence-electron chi connectivity index (χ2n) is 6.91. The maximum atomic E-state index is 12.3. The van der Waals surface area contributed by atoms with Crippen LogP contribution in [-0.2, 0) is 4.74 Å². The van der Waals surface area contributed by atoms with Gasteiger partial charge in [0.15, 0.2) is 0 Å². The van der Waals surface area contributed by atoms with Gasteiger partial charge in [0.1, 0.15) is 5.60 Å². The van der Waals surface area contributed by atoms with E-state index in [-0.39, 0.29) is 6.09 Å². The average molecular weight is 311 g/mol. The first kappa shape index (κ1) is 17.1. The van der Waals surface area contributed by atoms with Crippen LogP contribution in [-0.4, -0.2) is 18.7 Å². The van der Waals surface area contributed by atoms with E-state index in [2.05, 4.69) is 25.1 Å². The molecular weight excluding hydrogens is 286 g/mol. The number of carbonyl (C=O) groups is 1. The van der Waals surface area contributed by atoms with E-state index in [9.17, 15) is 4.79 Å². The highest BCUT2D eigenvalue weighted by Gasteiger charge is 2.21. The number of ether oxygens (including phenoxy) is 1. The van der Waals surface area contributed by atoms with Crippen molar-refractivity contribution in [2.24, 2.45) is 0 Å². The van der Waals surface area contributed by atoms with Crippen LogP contribution in [0.3, 0.4) is 0 Å². The van der Waals surface area contributed by atoms with Gasteiger partial charge in [-0.25, -0.2) is 4.79 Å². The summed E-state index contributed by atoms with van der Waals surface area (Å²) in [5, 5.41) is 0. The summed E-state index contributed by atoms with van der Waals surface area (Å²) in [7, 11) is 1.74. The molecule has 0 aromatic heterocycles. The first-order valence-corrected chi connectivity index (χ1v) is 7.82. The summed E-state index contributed by atoms with van der Waals surface area (Å²) in [6.07, 6.45) is -0.348. The monoisotopic (exact) mass is 311 g/mol. The molecule has 2 aromatic rings. The number of rotatable bonds is 2. The molecule has 0 atom stereocenters. The van der Waals surface area contributed by atoms with Crippen LogP contribution in [0.15, 0.2) is 42.5 Å². The van der Waals surface area contributed by atoms with E-state index in [0.717, 1.165) is 16.8 Å². The Kier molecular flexibility index (Phi) is 4.79. The minimum Gasteiger partial charge on any atom is -0.443 e. The van der Waals surface area contributed by atoms with Crippen molar-refractivity contribution in [1.82, 2.24) is 0 Å². The predicted octanol–water partition coefficient (Wildman–Crippen LogP) is 5.34. The fourth-order valence-electron chi connectivity index (χ4n) is 2.44. The van der Waals surface area contributed by atoms with E-state index in [0.29, 0.717) is 0 Å². The minimum atomic E-state index is -0.506. The molecule has 0 spiro atoms. The summed E-state index contributed by atoms with van der Waals surface area (Å²) < 4.78 is 5.45. The highest BCUT2D eigenvalue weighted by atomic mass is 16.6. The Labute approximate surface area is 138 Å². The second-order valence-corrected chi connectivity index (χ2v) is 6.91. The number of hydrogen-bond acceptors (Lipinski definition) is 2. The van der Waals surface area contributed by atoms with Crippen molar-refractivity contribution < 1.29 is 9.53 Å². The third kappa shape index (κ3) is 4.35. The smallest absolute Gasteiger partial charge is 0.414 e. The number of anilines is 1. The normalized spacial score (nSPS) is 11.2. The van der Waals surface area contributed by atoms with Gasteiger partial charge in [-0.15, -0.1) is 0 Å². The van der Waals surface area contributed by atoms with Gasteiger partial charge < -0.3 is 4.74 Å². The van der Waals surface area contributed by atoms with E-state index in [1.165, 1.54) is 11.1 Å². The van der Waals surface area contributed by atoms with Crippen molar-refractivity contribution in [2.45, 2.75) is 40.2 Å². The van der Waals surface area contributed by atoms with Crippen molar-refractivity contribution in [3.8, 4) is 11.1 Å². The Morgan fingerprint density at radius 3 is 2.30 bits per heavy atom. The van der Waals surface area contributed by atoms with Gasteiger partial charge in [0.2, 0.25) is 0 Å². The Morgan fingerprint density at radius 1 is 1.04 bits per heavy atom. The largest absolute Gasteiger partial charge is 0.443 e. The van der Waals surface area contributed by atoms with Crippen LogP contribution in [0, 0.1) is 13.8 Å². The first-order chi connectivity index (χ1) is 10.7. The van der Waals surface area contributed by atoms with Crippen molar-refractivity contribution in [3.63, 3.8) is 0 Å². The lowest BCUT2D eigenvalue weighted by Gasteiger charge is -2.25. The minimum absolute atomic E-state index is 0.348. The molecule has 0 unspecified atom stereocenters. The SMILES string of the molecule is Cc1cc(-c2ccccc2C)cc(N(C)C(=O)OC(C)(C)C)c1. The molecule has 3 heteroatoms. The molecule has 0 saturated heterocycles. The quantitative estimate of drug-likeness (QED) is 0.749. The van der Waals surface area contributed by atoms with Crippen LogP contribution in [0.5, 0.6) is 0 Å². The van der Waals surface area contributed by atoms with Crippen molar-refractivity contribution in [3.05, 3.63) is 53.6 Å². The fourth-order valence-corrected chi connectivity index (χ4v) is 2.44. The van der Waals surface area contributed by atoms with Crippen LogP contribution in [0.25, 0.3) is 11.1 Å². The van der Waals surface area contributed by atoms with Gasteiger partial charge in [0.05, 0.1) is 0 Å². The molecular formula is C20H25NO2. The zero-order valence-electron chi connectivity index (χ0n) is 14.8. The lowest BCUT2D eigenvalue weighted by atomic mass is 9.98. The molecule has 0 aliphatic rings. The summed E-state index contributed by atoms with van der Waals surface area (Å²) in [6, 6.07) is 14.4. The molecule has 0 N–H and O–H groups in total. The molecule has 0 aliphatic carbocycles. The molecule has 0 bridgehead atoms. The average Bonchev–Trinajstić information content (AvgIpc) is 2.44. The molecule has 23 heavy (non-hydrogen) atoms. The maximum Gasteiger partial charge on any atom is 0.414 e. The standard InChI is InChI=1S/C20H25NO2/c1-14-11-16(18-10-8-7-9-15(18)2)13-17(12-14)21(6)19(22)23-20(3,4)5/h7-13H,1-6H3. The number of carbonyl (C=O) groups excluding carboxylic acids is 1. The Bertz CT molecular complexity index is 714. The third-order valence-electron chi connectivity index (χ3n) is 3.57. The summed E-state index contributed by atoms with van der Waals surface area (Å²) in [5.74, 6) is 0. The summed E-state index contributed by atoms with van der Waals surface area (Å²) in [4.78, 5) is 13.8. The maximum absolute atomic E-state index is 12.3. The second kappa shape index (κ2) is 6.45. The van der Waals surface area contributed by atoms with Crippen LogP contribution >= 0.6 is 0 Å². The predicted molar refractivity (Wildman–Crippen MR) is 96.0 cm³/mol. The molecule has 122 valence electrons. The summed E-state index contributed by atoms with van der Waals surface area (Å²) in [5.41, 5.74) is 4.93. The number of amides is 1. The van der Waals surface area contributed by atoms with Gasteiger partial charge >= 0.3 is 6.09 Å². The van der Waals surface area contributed by atoms with Gasteiger partial charge in [0.25, 0.3) is 0 Å². The number of hydrogen-bond donors (Lipinski definition) is 0. The Hall–Kier alpha value is -2.29. The zero-order valence-corrected chi connectivity index (χ0v) is 14.8. The molecule has 0 aliphatic heterocycles. The van der Waals surface area contributed by atoms with Crippen molar-refractivity contribution in [1.29, 1.82) is 0 Å². The molecule has 2 rings (SSSR count). The van der Waals surface area contributed by atoms with Crippen LogP contribution in [0.2, 0.25) is 0 Å². The zero-order chi connectivity index (χ0) is 17.2. The Balaban J connectivity index is 2.38. The molecule has 0 radical (unpaired) electrons. The van der Waals surface area contributed by atoms with Crippen LogP contribution in [0.1, 0.15) is 31.9 Å². The van der Waals surface area contributed by atoms with Crippen LogP contribution in [0.4, 0.5) is 10.5 Å². The lowest BCUT2D eigenvalue weighted by Crippen LogP contribution is -2.34. The number of benzene rings is 2. The summed E-state index contributed by atoms with van der Waals surface area (Å²) in [6.45, 7) is 9.73. The first-order valence-electron chi connectivity index (χ1n) is 7.82. The lowest BCUT2D eigenvalue weighted by molar-refractivity contribution is 0.0589. The van der Waals surface area contributed by atoms with Gasteiger partial charge in [-0.3, -0.25) is 4.90 Å². The van der Waals surface area contributed by atoms with Crippen molar-refractivity contribution in [2.75, 3.05) is 11.9 Å². The highest BCUT2D eigenvalue weighted by Crippen LogP contribution is 2.29. The highest BCUT2D eigenvalue weighted by molar-refractivity contribution is 5.88. The van der Waals surface area contributed by atoms with Gasteiger partial charge in [-0.2, -0.15) is 0 Å². The van der Waals surface area contributed by atoms with Gasteiger partial charge in [0, 0.05) is 12.7 Å². The number of nitrogens with zero attached hydrogens (tertiary/aromatic N) is 1. The van der Waals surface area contributed by atoms with E-state index in [4.69, 9.17) is 4.74 Å². The topological polar surface area (TPSA) is 29.5 Å². The molecule has 3 nitrogen and oxygen atoms in total. The Morgan fingerprint density at radius 2 is 1.70 bits per heavy atom. The third-order valence-corrected chi connectivity index (χ3v) is 3.57. The number of aryl methyl sites for hydroxylation is 2. The summed E-state index contributed by atoms with van der Waals surface area (Å²) >= 11 is 0. The molecule has 1 amide bonds. The van der Waals surface area contributed by atoms with Crippen LogP contribution < -0.4 is 4.90 Å². The van der Waals surface area contributed by atoms with E-state index < -0.39 is 5.60 Å². The van der Waals surface area contributed by atoms with Gasteiger partial charge in [-0.1, -0.05) is 30.3 Å². The molecule has 0 heterocycles.